The van der Waals surface area contributed by atoms with Crippen LogP contribution in [-0.2, 0) is 6.67 Å². The van der Waals surface area contributed by atoms with Crippen molar-refractivity contribution in [1.82, 2.24) is 14.5 Å². The van der Waals surface area contributed by atoms with E-state index < -0.39 is 0 Å². The van der Waals surface area contributed by atoms with Crippen LogP contribution in [-0.4, -0.2) is 27.5 Å². The Hall–Kier alpha value is -1.55. The second-order valence-electron chi connectivity index (χ2n) is 4.43. The minimum Gasteiger partial charge on any atom is -0.399 e. The number of nitrogens with two attached hydrogens (primary N) is 1. The van der Waals surface area contributed by atoms with Gasteiger partial charge in [0.05, 0.1) is 24.0 Å². The van der Waals surface area contributed by atoms with Crippen LogP contribution in [0.3, 0.4) is 0 Å². The van der Waals surface area contributed by atoms with Crippen LogP contribution in [0, 0.1) is 0 Å². The van der Waals surface area contributed by atoms with Crippen LogP contribution in [0.4, 0.5) is 5.69 Å². The van der Waals surface area contributed by atoms with Gasteiger partial charge in [-0.1, -0.05) is 0 Å². The first kappa shape index (κ1) is 9.66. The van der Waals surface area contributed by atoms with E-state index in [0.717, 1.165) is 17.9 Å². The molecule has 1 aromatic carbocycles. The lowest BCUT2D eigenvalue weighted by Gasteiger charge is -2.15. The average Bonchev–Trinajstić information content (AvgIpc) is 2.89. The zero-order valence-corrected chi connectivity index (χ0v) is 9.26. The Morgan fingerprint density at radius 1 is 1.25 bits per heavy atom. The van der Waals surface area contributed by atoms with Crippen LogP contribution in [0.1, 0.15) is 12.8 Å². The number of fused-ring (bicyclic) bond motifs is 1. The van der Waals surface area contributed by atoms with Crippen molar-refractivity contribution in [1.29, 1.82) is 0 Å². The van der Waals surface area contributed by atoms with Gasteiger partial charge < -0.3 is 10.3 Å². The first-order valence-electron chi connectivity index (χ1n) is 5.76. The number of likely N-dealkylation sites (tertiary alicyclic amines) is 1. The molecule has 4 heteroatoms. The molecule has 3 rings (SSSR count). The van der Waals surface area contributed by atoms with Crippen molar-refractivity contribution in [3.05, 3.63) is 24.5 Å². The molecule has 2 N–H and O–H groups in total. The summed E-state index contributed by atoms with van der Waals surface area (Å²) in [5.41, 5.74) is 8.67. The van der Waals surface area contributed by atoms with Crippen molar-refractivity contribution in [2.75, 3.05) is 18.8 Å². The fourth-order valence-electron chi connectivity index (χ4n) is 2.33. The maximum absolute atomic E-state index is 5.74. The van der Waals surface area contributed by atoms with Gasteiger partial charge in [0.1, 0.15) is 0 Å². The van der Waals surface area contributed by atoms with E-state index in [9.17, 15) is 0 Å². The van der Waals surface area contributed by atoms with E-state index in [1.807, 2.05) is 24.5 Å². The highest BCUT2D eigenvalue weighted by Crippen LogP contribution is 2.17. The summed E-state index contributed by atoms with van der Waals surface area (Å²) < 4.78 is 2.19. The minimum atomic E-state index is 0.777. The summed E-state index contributed by atoms with van der Waals surface area (Å²) >= 11 is 0. The predicted octanol–water partition coefficient (Wildman–Crippen LogP) is 1.67. The molecule has 0 bridgehead atoms. The van der Waals surface area contributed by atoms with Gasteiger partial charge in [-0.2, -0.15) is 0 Å². The Bertz CT molecular complexity index is 497. The number of nitrogen functional groups attached to an aromatic ring is 1. The highest BCUT2D eigenvalue weighted by Gasteiger charge is 2.12. The Morgan fingerprint density at radius 3 is 2.88 bits per heavy atom. The van der Waals surface area contributed by atoms with Gasteiger partial charge in [-0.3, -0.25) is 4.90 Å². The average molecular weight is 216 g/mol. The van der Waals surface area contributed by atoms with E-state index >= 15 is 0 Å². The summed E-state index contributed by atoms with van der Waals surface area (Å²) in [6, 6.07) is 5.91. The van der Waals surface area contributed by atoms with Crippen LogP contribution < -0.4 is 5.73 Å². The van der Waals surface area contributed by atoms with Crippen LogP contribution >= 0.6 is 0 Å². The molecule has 0 saturated carbocycles. The van der Waals surface area contributed by atoms with Crippen LogP contribution in [0.15, 0.2) is 24.5 Å². The second-order valence-corrected chi connectivity index (χ2v) is 4.43. The molecule has 0 radical (unpaired) electrons. The van der Waals surface area contributed by atoms with Crippen molar-refractivity contribution in [3.8, 4) is 0 Å². The molecule has 2 aromatic rings. The monoisotopic (exact) mass is 216 g/mol. The largest absolute Gasteiger partial charge is 0.399 e. The molecule has 16 heavy (non-hydrogen) atoms. The molecule has 0 unspecified atom stereocenters. The topological polar surface area (TPSA) is 47.1 Å². The Labute approximate surface area is 94.7 Å². The molecule has 0 aliphatic carbocycles. The Morgan fingerprint density at radius 2 is 2.06 bits per heavy atom. The number of rotatable bonds is 2. The van der Waals surface area contributed by atoms with Crippen molar-refractivity contribution in [3.63, 3.8) is 0 Å². The zero-order chi connectivity index (χ0) is 11.0. The van der Waals surface area contributed by atoms with Gasteiger partial charge in [0, 0.05) is 5.69 Å². The predicted molar refractivity (Wildman–Crippen MR) is 65.0 cm³/mol. The van der Waals surface area contributed by atoms with Gasteiger partial charge in [0.2, 0.25) is 0 Å². The third-order valence-electron chi connectivity index (χ3n) is 3.20. The SMILES string of the molecule is Nc1ccc2c(c1)ncn2CN1CCCC1. The number of hydrogen-bond donors (Lipinski definition) is 1. The first-order valence-corrected chi connectivity index (χ1v) is 5.76. The second kappa shape index (κ2) is 3.79. The minimum absolute atomic E-state index is 0.777. The molecular formula is C12H16N4. The summed E-state index contributed by atoms with van der Waals surface area (Å²) in [6.45, 7) is 3.35. The number of hydrogen-bond acceptors (Lipinski definition) is 3. The summed E-state index contributed by atoms with van der Waals surface area (Å²) in [7, 11) is 0. The standard InChI is InChI=1S/C12H16N4/c13-10-3-4-12-11(7-10)14-8-16(12)9-15-5-1-2-6-15/h3-4,7-8H,1-2,5-6,9,13H2. The highest BCUT2D eigenvalue weighted by atomic mass is 15.3. The molecule has 0 atom stereocenters. The first-order chi connectivity index (χ1) is 7.83. The zero-order valence-electron chi connectivity index (χ0n) is 9.26. The lowest BCUT2D eigenvalue weighted by molar-refractivity contribution is 0.274. The maximum atomic E-state index is 5.74. The van der Waals surface area contributed by atoms with Crippen molar-refractivity contribution >= 4 is 16.7 Å². The normalized spacial score (nSPS) is 17.2. The third kappa shape index (κ3) is 1.65. The lowest BCUT2D eigenvalue weighted by Crippen LogP contribution is -2.22. The van der Waals surface area contributed by atoms with E-state index in [-0.39, 0.29) is 0 Å². The van der Waals surface area contributed by atoms with Gasteiger partial charge in [-0.25, -0.2) is 4.98 Å². The quantitative estimate of drug-likeness (QED) is 0.777. The van der Waals surface area contributed by atoms with Crippen LogP contribution in [0.25, 0.3) is 11.0 Å². The lowest BCUT2D eigenvalue weighted by atomic mass is 10.3. The van der Waals surface area contributed by atoms with E-state index in [4.69, 9.17) is 5.73 Å². The Balaban J connectivity index is 1.91. The molecular weight excluding hydrogens is 200 g/mol. The van der Waals surface area contributed by atoms with Gasteiger partial charge >= 0.3 is 0 Å². The molecule has 0 spiro atoms. The van der Waals surface area contributed by atoms with Gasteiger partial charge in [-0.05, 0) is 44.1 Å². The van der Waals surface area contributed by atoms with E-state index in [1.165, 1.54) is 31.4 Å². The fraction of sp³-hybridized carbons (Fsp3) is 0.417. The van der Waals surface area contributed by atoms with Crippen molar-refractivity contribution in [2.45, 2.75) is 19.5 Å². The molecule has 1 aliphatic rings. The molecule has 4 nitrogen and oxygen atoms in total. The van der Waals surface area contributed by atoms with Gasteiger partial charge in [0.15, 0.2) is 0 Å². The smallest absolute Gasteiger partial charge is 0.0969 e. The number of benzene rings is 1. The van der Waals surface area contributed by atoms with Crippen molar-refractivity contribution < 1.29 is 0 Å². The summed E-state index contributed by atoms with van der Waals surface area (Å²) in [6.07, 6.45) is 4.54. The van der Waals surface area contributed by atoms with Crippen LogP contribution in [0.5, 0.6) is 0 Å². The molecule has 1 fully saturated rings. The molecule has 84 valence electrons. The fourth-order valence-corrected chi connectivity index (χ4v) is 2.33. The number of nitrogens with zero attached hydrogens (tertiary/aromatic N) is 3. The van der Waals surface area contributed by atoms with E-state index in [2.05, 4.69) is 14.5 Å². The van der Waals surface area contributed by atoms with E-state index in [1.54, 1.807) is 0 Å². The highest BCUT2D eigenvalue weighted by molar-refractivity contribution is 5.78. The molecule has 1 aliphatic heterocycles. The molecule has 1 aromatic heterocycles. The number of anilines is 1. The summed E-state index contributed by atoms with van der Waals surface area (Å²) in [5, 5.41) is 0. The van der Waals surface area contributed by atoms with Gasteiger partial charge in [0.25, 0.3) is 0 Å². The maximum Gasteiger partial charge on any atom is 0.0969 e. The van der Waals surface area contributed by atoms with Crippen molar-refractivity contribution in [2.24, 2.45) is 0 Å². The molecule has 2 heterocycles. The van der Waals surface area contributed by atoms with Crippen LogP contribution in [0.2, 0.25) is 0 Å². The number of imidazole rings is 1. The van der Waals surface area contributed by atoms with E-state index in [0.29, 0.717) is 0 Å². The molecule has 1 saturated heterocycles. The Kier molecular flexibility index (Phi) is 2.29. The summed E-state index contributed by atoms with van der Waals surface area (Å²) in [5.74, 6) is 0. The summed E-state index contributed by atoms with van der Waals surface area (Å²) in [4.78, 5) is 6.83. The van der Waals surface area contributed by atoms with Gasteiger partial charge in [-0.15, -0.1) is 0 Å². The third-order valence-corrected chi connectivity index (χ3v) is 3.20. The number of aromatic nitrogens is 2. The molecule has 0 amide bonds.